The molecular formula is C20H23NO4. The highest BCUT2D eigenvalue weighted by Crippen LogP contribution is 2.18. The van der Waals surface area contributed by atoms with Crippen molar-refractivity contribution < 1.29 is 19.1 Å². The van der Waals surface area contributed by atoms with Gasteiger partial charge >= 0.3 is 5.97 Å². The van der Waals surface area contributed by atoms with Crippen molar-refractivity contribution in [2.75, 3.05) is 18.5 Å². The van der Waals surface area contributed by atoms with Crippen molar-refractivity contribution in [2.45, 2.75) is 26.7 Å². The molecule has 0 atom stereocenters. The fourth-order valence-corrected chi connectivity index (χ4v) is 2.25. The topological polar surface area (TPSA) is 64.6 Å². The molecule has 0 fully saturated rings. The second kappa shape index (κ2) is 9.47. The summed E-state index contributed by atoms with van der Waals surface area (Å²) in [6.45, 7) is 4.22. The Bertz CT molecular complexity index is 710. The molecule has 0 aliphatic carbocycles. The van der Waals surface area contributed by atoms with Crippen molar-refractivity contribution in [1.82, 2.24) is 0 Å². The van der Waals surface area contributed by atoms with Gasteiger partial charge in [0.1, 0.15) is 5.75 Å². The minimum atomic E-state index is -0.403. The molecule has 0 aliphatic heterocycles. The van der Waals surface area contributed by atoms with Gasteiger partial charge in [-0.05, 0) is 48.7 Å². The minimum Gasteiger partial charge on any atom is -0.482 e. The zero-order chi connectivity index (χ0) is 18.1. The zero-order valence-electron chi connectivity index (χ0n) is 14.6. The fourth-order valence-electron chi connectivity index (χ4n) is 2.25. The average Bonchev–Trinajstić information content (AvgIpc) is 2.65. The molecule has 0 bridgehead atoms. The summed E-state index contributed by atoms with van der Waals surface area (Å²) in [6.07, 6.45) is 1.62. The number of aryl methyl sites for hydroxylation is 1. The van der Waals surface area contributed by atoms with Crippen molar-refractivity contribution in [3.8, 4) is 5.75 Å². The Kier molecular flexibility index (Phi) is 7.01. The van der Waals surface area contributed by atoms with Crippen LogP contribution in [0.15, 0.2) is 48.5 Å². The number of benzene rings is 2. The normalized spacial score (nSPS) is 10.2. The number of para-hydroxylation sites is 1. The van der Waals surface area contributed by atoms with E-state index in [1.807, 2.05) is 38.1 Å². The van der Waals surface area contributed by atoms with E-state index in [1.54, 1.807) is 24.3 Å². The van der Waals surface area contributed by atoms with Gasteiger partial charge in [-0.3, -0.25) is 4.79 Å². The zero-order valence-corrected chi connectivity index (χ0v) is 14.6. The summed E-state index contributed by atoms with van der Waals surface area (Å²) < 4.78 is 10.3. The highest BCUT2D eigenvalue weighted by Gasteiger charge is 2.09. The average molecular weight is 341 g/mol. The molecule has 0 radical (unpaired) electrons. The monoisotopic (exact) mass is 341 g/mol. The summed E-state index contributed by atoms with van der Waals surface area (Å²) in [5, 5.41) is 2.92. The van der Waals surface area contributed by atoms with Crippen LogP contribution in [0.25, 0.3) is 0 Å². The Morgan fingerprint density at radius 3 is 2.40 bits per heavy atom. The number of nitrogens with one attached hydrogen (secondary N) is 1. The summed E-state index contributed by atoms with van der Waals surface area (Å²) in [7, 11) is 0. The van der Waals surface area contributed by atoms with E-state index in [1.165, 1.54) is 0 Å². The Morgan fingerprint density at radius 1 is 1.00 bits per heavy atom. The van der Waals surface area contributed by atoms with E-state index in [4.69, 9.17) is 9.47 Å². The van der Waals surface area contributed by atoms with Gasteiger partial charge in [0.25, 0.3) is 5.91 Å². The number of carbonyl (C=O) groups is 2. The van der Waals surface area contributed by atoms with Gasteiger partial charge in [-0.15, -0.1) is 0 Å². The van der Waals surface area contributed by atoms with E-state index in [-0.39, 0.29) is 12.5 Å². The van der Waals surface area contributed by atoms with Crippen LogP contribution in [0.2, 0.25) is 0 Å². The van der Waals surface area contributed by atoms with Crippen molar-refractivity contribution in [2.24, 2.45) is 0 Å². The maximum absolute atomic E-state index is 12.4. The smallest absolute Gasteiger partial charge is 0.344 e. The van der Waals surface area contributed by atoms with Crippen molar-refractivity contribution in [1.29, 1.82) is 0 Å². The maximum atomic E-state index is 12.4. The molecule has 1 N–H and O–H groups in total. The van der Waals surface area contributed by atoms with Crippen molar-refractivity contribution in [3.63, 3.8) is 0 Å². The number of ether oxygens (including phenoxy) is 2. The van der Waals surface area contributed by atoms with Gasteiger partial charge < -0.3 is 14.8 Å². The van der Waals surface area contributed by atoms with E-state index in [0.29, 0.717) is 17.9 Å². The fraction of sp³-hybridized carbons (Fsp3) is 0.300. The number of amides is 1. The molecule has 0 saturated carbocycles. The van der Waals surface area contributed by atoms with Gasteiger partial charge in [0, 0.05) is 11.3 Å². The van der Waals surface area contributed by atoms with Crippen LogP contribution in [0.5, 0.6) is 5.75 Å². The second-order valence-corrected chi connectivity index (χ2v) is 5.50. The Hall–Kier alpha value is -2.82. The summed E-state index contributed by atoms with van der Waals surface area (Å²) >= 11 is 0. The van der Waals surface area contributed by atoms with Crippen LogP contribution < -0.4 is 10.1 Å². The largest absolute Gasteiger partial charge is 0.482 e. The SMILES string of the molecule is CCCOC(=O)COc1ccc(C(=O)Nc2ccccc2CC)cc1. The van der Waals surface area contributed by atoms with Gasteiger partial charge in [0.2, 0.25) is 0 Å². The second-order valence-electron chi connectivity index (χ2n) is 5.50. The molecule has 25 heavy (non-hydrogen) atoms. The van der Waals surface area contributed by atoms with Crippen LogP contribution in [0.3, 0.4) is 0 Å². The number of hydrogen-bond acceptors (Lipinski definition) is 4. The molecule has 0 saturated heterocycles. The van der Waals surface area contributed by atoms with Gasteiger partial charge in [-0.1, -0.05) is 32.0 Å². The van der Waals surface area contributed by atoms with Crippen LogP contribution in [0, 0.1) is 0 Å². The standard InChI is InChI=1S/C20H23NO4/c1-3-13-24-19(22)14-25-17-11-9-16(10-12-17)20(23)21-18-8-6-5-7-15(18)4-2/h5-12H,3-4,13-14H2,1-2H3,(H,21,23). The molecule has 2 rings (SSSR count). The molecule has 0 spiro atoms. The lowest BCUT2D eigenvalue weighted by atomic mass is 10.1. The minimum absolute atomic E-state index is 0.143. The lowest BCUT2D eigenvalue weighted by Gasteiger charge is -2.10. The van der Waals surface area contributed by atoms with Crippen molar-refractivity contribution in [3.05, 3.63) is 59.7 Å². The lowest BCUT2D eigenvalue weighted by Crippen LogP contribution is -2.15. The summed E-state index contributed by atoms with van der Waals surface area (Å²) in [5.41, 5.74) is 2.42. The third-order valence-electron chi connectivity index (χ3n) is 3.59. The first-order chi connectivity index (χ1) is 12.1. The number of rotatable bonds is 8. The molecule has 2 aromatic carbocycles. The number of carbonyl (C=O) groups excluding carboxylic acids is 2. The number of hydrogen-bond donors (Lipinski definition) is 1. The maximum Gasteiger partial charge on any atom is 0.344 e. The van der Waals surface area contributed by atoms with E-state index in [9.17, 15) is 9.59 Å². The van der Waals surface area contributed by atoms with E-state index >= 15 is 0 Å². The first-order valence-corrected chi connectivity index (χ1v) is 8.41. The number of esters is 1. The predicted molar refractivity (Wildman–Crippen MR) is 97.0 cm³/mol. The molecule has 132 valence electrons. The molecule has 5 heteroatoms. The van der Waals surface area contributed by atoms with Crippen LogP contribution in [-0.2, 0) is 16.0 Å². The van der Waals surface area contributed by atoms with Crippen LogP contribution in [0.1, 0.15) is 36.2 Å². The Labute approximate surface area is 148 Å². The van der Waals surface area contributed by atoms with E-state index < -0.39 is 5.97 Å². The molecule has 0 aromatic heterocycles. The Morgan fingerprint density at radius 2 is 1.72 bits per heavy atom. The quantitative estimate of drug-likeness (QED) is 0.741. The molecule has 1 amide bonds. The van der Waals surface area contributed by atoms with Crippen LogP contribution in [-0.4, -0.2) is 25.1 Å². The predicted octanol–water partition coefficient (Wildman–Crippen LogP) is 3.83. The molecule has 0 unspecified atom stereocenters. The highest BCUT2D eigenvalue weighted by molar-refractivity contribution is 6.04. The van der Waals surface area contributed by atoms with Crippen molar-refractivity contribution >= 4 is 17.6 Å². The molecule has 0 heterocycles. The van der Waals surface area contributed by atoms with Gasteiger partial charge in [0.15, 0.2) is 6.61 Å². The summed E-state index contributed by atoms with van der Waals surface area (Å²) in [6, 6.07) is 14.4. The first kappa shape index (κ1) is 18.5. The molecular weight excluding hydrogens is 318 g/mol. The first-order valence-electron chi connectivity index (χ1n) is 8.41. The third-order valence-corrected chi connectivity index (χ3v) is 3.59. The Balaban J connectivity index is 1.92. The van der Waals surface area contributed by atoms with Crippen LogP contribution >= 0.6 is 0 Å². The molecule has 5 nitrogen and oxygen atoms in total. The van der Waals surface area contributed by atoms with E-state index in [2.05, 4.69) is 5.32 Å². The number of anilines is 1. The lowest BCUT2D eigenvalue weighted by molar-refractivity contribution is -0.146. The molecule has 0 aliphatic rings. The van der Waals surface area contributed by atoms with Crippen LogP contribution in [0.4, 0.5) is 5.69 Å². The third kappa shape index (κ3) is 5.64. The molecule has 2 aromatic rings. The van der Waals surface area contributed by atoms with Gasteiger partial charge in [0.05, 0.1) is 6.61 Å². The van der Waals surface area contributed by atoms with Gasteiger partial charge in [-0.25, -0.2) is 4.79 Å². The van der Waals surface area contributed by atoms with Gasteiger partial charge in [-0.2, -0.15) is 0 Å². The summed E-state index contributed by atoms with van der Waals surface area (Å²) in [4.78, 5) is 23.8. The summed E-state index contributed by atoms with van der Waals surface area (Å²) in [5.74, 6) is -0.0754. The van der Waals surface area contributed by atoms with E-state index in [0.717, 1.165) is 24.1 Å². The highest BCUT2D eigenvalue weighted by atomic mass is 16.6.